The third-order valence-corrected chi connectivity index (χ3v) is 13.0. The Labute approximate surface area is 220 Å². The molecule has 0 spiro atoms. The first-order valence-electron chi connectivity index (χ1n) is 14.6. The quantitative estimate of drug-likeness (QED) is 0.377. The van der Waals surface area contributed by atoms with Gasteiger partial charge in [-0.05, 0) is 125 Å². The minimum Gasteiger partial charge on any atom is -0.393 e. The van der Waals surface area contributed by atoms with Crippen LogP contribution in [-0.2, 0) is 4.79 Å². The summed E-state index contributed by atoms with van der Waals surface area (Å²) < 4.78 is 0. The zero-order chi connectivity index (χ0) is 27.1. The number of aliphatic hydroxyl groups excluding tert-OH is 1. The fourth-order valence-electron chi connectivity index (χ4n) is 10.7. The van der Waals surface area contributed by atoms with Gasteiger partial charge in [0.05, 0.1) is 11.7 Å². The lowest BCUT2D eigenvalue weighted by atomic mass is 9.33. The van der Waals surface area contributed by atoms with Crippen molar-refractivity contribution in [3.63, 3.8) is 0 Å². The third-order valence-electron chi connectivity index (χ3n) is 13.0. The molecule has 0 heterocycles. The van der Waals surface area contributed by atoms with E-state index in [0.717, 1.165) is 44.9 Å². The van der Waals surface area contributed by atoms with Gasteiger partial charge in [-0.2, -0.15) is 0 Å². The molecule has 0 aliphatic heterocycles. The van der Waals surface area contributed by atoms with E-state index in [1.54, 1.807) is 6.92 Å². The first kappa shape index (κ1) is 28.3. The van der Waals surface area contributed by atoms with Gasteiger partial charge in [-0.25, -0.2) is 0 Å². The highest BCUT2D eigenvalue weighted by Gasteiger charge is 2.75. The Morgan fingerprint density at radius 2 is 1.56 bits per heavy atom. The molecule has 4 saturated carbocycles. The second kappa shape index (κ2) is 8.65. The molecule has 0 aromatic rings. The van der Waals surface area contributed by atoms with Crippen molar-refractivity contribution < 1.29 is 20.1 Å². The molecule has 4 nitrogen and oxygen atoms in total. The second-order valence-electron chi connectivity index (χ2n) is 15.3. The molecule has 4 heteroatoms. The maximum Gasteiger partial charge on any atom is 0.161 e. The average Bonchev–Trinajstić information content (AvgIpc) is 3.14. The normalized spacial score (nSPS) is 49.3. The number of aliphatic hydroxyl groups is 3. The predicted molar refractivity (Wildman–Crippen MR) is 145 cm³/mol. The zero-order valence-corrected chi connectivity index (χ0v) is 24.6. The van der Waals surface area contributed by atoms with Crippen LogP contribution in [0.2, 0.25) is 0 Å². The summed E-state index contributed by atoms with van der Waals surface area (Å²) in [4.78, 5) is 13.4. The van der Waals surface area contributed by atoms with Gasteiger partial charge >= 0.3 is 0 Å². The van der Waals surface area contributed by atoms with Gasteiger partial charge in [0, 0.05) is 5.92 Å². The van der Waals surface area contributed by atoms with E-state index in [4.69, 9.17) is 0 Å². The second-order valence-corrected chi connectivity index (χ2v) is 15.3. The molecule has 0 radical (unpaired) electrons. The molecule has 0 amide bonds. The van der Waals surface area contributed by atoms with Gasteiger partial charge in [-0.3, -0.25) is 4.79 Å². The number of ketones is 1. The number of hydrogen-bond donors (Lipinski definition) is 3. The Kier molecular flexibility index (Phi) is 6.80. The number of carbonyl (C=O) groups is 1. The van der Waals surface area contributed by atoms with Crippen LogP contribution in [0, 0.1) is 45.3 Å². The van der Waals surface area contributed by atoms with Crippen molar-refractivity contribution in [1.82, 2.24) is 0 Å². The standard InChI is InChI=1S/C32H54O4/c1-20(2)11-10-15-31(9,35)22-12-17-30(8)26(22)32(36,21(3)33)19-24-28(6)16-14-25(34)27(4,5)23(28)13-18-29(24,30)7/h11,22-26,34-36H,10,12-19H2,1-9H3/t22-,23?,24+,25+,26+,28-,29+,30-,31-,32-/m0/s1. The summed E-state index contributed by atoms with van der Waals surface area (Å²) in [5, 5.41) is 35.2. The molecule has 206 valence electrons. The van der Waals surface area contributed by atoms with Gasteiger partial charge in [-0.1, -0.05) is 46.3 Å². The molecule has 0 bridgehead atoms. The van der Waals surface area contributed by atoms with E-state index in [-0.39, 0.29) is 51.3 Å². The van der Waals surface area contributed by atoms with Crippen LogP contribution in [0.15, 0.2) is 11.6 Å². The highest BCUT2D eigenvalue weighted by Crippen LogP contribution is 2.77. The van der Waals surface area contributed by atoms with Crippen LogP contribution < -0.4 is 0 Å². The van der Waals surface area contributed by atoms with Crippen molar-refractivity contribution in [3.05, 3.63) is 11.6 Å². The van der Waals surface area contributed by atoms with Crippen molar-refractivity contribution in [2.45, 2.75) is 137 Å². The Balaban J connectivity index is 1.79. The molecule has 0 saturated heterocycles. The topological polar surface area (TPSA) is 77.8 Å². The van der Waals surface area contributed by atoms with E-state index in [0.29, 0.717) is 18.8 Å². The summed E-state index contributed by atoms with van der Waals surface area (Å²) in [6.07, 6.45) is 9.48. The minimum absolute atomic E-state index is 0.0201. The molecular weight excluding hydrogens is 448 g/mol. The van der Waals surface area contributed by atoms with E-state index in [2.05, 4.69) is 54.5 Å². The number of allylic oxidation sites excluding steroid dienone is 2. The van der Waals surface area contributed by atoms with Crippen molar-refractivity contribution >= 4 is 5.78 Å². The summed E-state index contributed by atoms with van der Waals surface area (Å²) in [5.74, 6) is 0.101. The van der Waals surface area contributed by atoms with E-state index in [1.165, 1.54) is 5.57 Å². The Morgan fingerprint density at radius 3 is 2.14 bits per heavy atom. The number of fused-ring (bicyclic) bond motifs is 5. The lowest BCUT2D eigenvalue weighted by molar-refractivity contribution is -0.266. The van der Waals surface area contributed by atoms with E-state index < -0.39 is 11.2 Å². The fourth-order valence-corrected chi connectivity index (χ4v) is 10.7. The molecular formula is C32H54O4. The molecule has 10 atom stereocenters. The van der Waals surface area contributed by atoms with Crippen molar-refractivity contribution in [1.29, 1.82) is 0 Å². The monoisotopic (exact) mass is 502 g/mol. The van der Waals surface area contributed by atoms with Crippen LogP contribution in [0.3, 0.4) is 0 Å². The van der Waals surface area contributed by atoms with Gasteiger partial charge in [0.2, 0.25) is 0 Å². The summed E-state index contributed by atoms with van der Waals surface area (Å²) in [5.41, 5.74) is -1.56. The molecule has 4 fully saturated rings. The van der Waals surface area contributed by atoms with Gasteiger partial charge in [0.25, 0.3) is 0 Å². The van der Waals surface area contributed by atoms with Gasteiger partial charge in [-0.15, -0.1) is 0 Å². The molecule has 0 aromatic heterocycles. The largest absolute Gasteiger partial charge is 0.393 e. The maximum absolute atomic E-state index is 13.4. The number of hydrogen-bond acceptors (Lipinski definition) is 4. The third kappa shape index (κ3) is 3.74. The zero-order valence-electron chi connectivity index (χ0n) is 24.6. The first-order chi connectivity index (χ1) is 16.4. The van der Waals surface area contributed by atoms with Gasteiger partial charge in [0.1, 0.15) is 5.60 Å². The molecule has 4 rings (SSSR count). The summed E-state index contributed by atoms with van der Waals surface area (Å²) in [6.45, 7) is 19.3. The molecule has 3 N–H and O–H groups in total. The SMILES string of the molecule is CC(=O)[C@@]1(O)C[C@@H]2[C@@]3(C)CC[C@@H](O)C(C)(C)C3CC[C@@]2(C)[C@@]2(C)CC[C@H]([C@@](C)(O)CCC=C(C)C)[C@H]21. The van der Waals surface area contributed by atoms with Crippen LogP contribution in [-0.4, -0.2) is 38.4 Å². The smallest absolute Gasteiger partial charge is 0.161 e. The van der Waals surface area contributed by atoms with E-state index in [9.17, 15) is 20.1 Å². The summed E-state index contributed by atoms with van der Waals surface area (Å²) in [6, 6.07) is 0. The van der Waals surface area contributed by atoms with Crippen LogP contribution >= 0.6 is 0 Å². The van der Waals surface area contributed by atoms with E-state index in [1.807, 2.05) is 6.92 Å². The van der Waals surface area contributed by atoms with Crippen LogP contribution in [0.4, 0.5) is 0 Å². The van der Waals surface area contributed by atoms with Crippen molar-refractivity contribution in [3.8, 4) is 0 Å². The summed E-state index contributed by atoms with van der Waals surface area (Å²) >= 11 is 0. The predicted octanol–water partition coefficient (Wildman–Crippen LogP) is 6.46. The lowest BCUT2D eigenvalue weighted by Gasteiger charge is -2.72. The number of carbonyl (C=O) groups excluding carboxylic acids is 1. The summed E-state index contributed by atoms with van der Waals surface area (Å²) in [7, 11) is 0. The van der Waals surface area contributed by atoms with E-state index >= 15 is 0 Å². The molecule has 36 heavy (non-hydrogen) atoms. The Bertz CT molecular complexity index is 915. The molecule has 1 unspecified atom stereocenters. The maximum atomic E-state index is 13.4. The molecule has 0 aromatic carbocycles. The van der Waals surface area contributed by atoms with Crippen LogP contribution in [0.25, 0.3) is 0 Å². The number of rotatable bonds is 5. The van der Waals surface area contributed by atoms with Crippen LogP contribution in [0.5, 0.6) is 0 Å². The lowest BCUT2D eigenvalue weighted by Crippen LogP contribution is -2.71. The highest BCUT2D eigenvalue weighted by molar-refractivity contribution is 5.85. The molecule has 4 aliphatic carbocycles. The van der Waals surface area contributed by atoms with Crippen molar-refractivity contribution in [2.75, 3.05) is 0 Å². The van der Waals surface area contributed by atoms with Gasteiger partial charge < -0.3 is 15.3 Å². The molecule has 4 aliphatic rings. The van der Waals surface area contributed by atoms with Crippen LogP contribution in [0.1, 0.15) is 120 Å². The Morgan fingerprint density at radius 1 is 0.944 bits per heavy atom. The fraction of sp³-hybridized carbons (Fsp3) is 0.906. The highest BCUT2D eigenvalue weighted by atomic mass is 16.3. The average molecular weight is 503 g/mol. The Hall–Kier alpha value is -0.710. The number of Topliss-reactive ketones (excluding diaryl/α,β-unsaturated/α-hetero) is 1. The van der Waals surface area contributed by atoms with Gasteiger partial charge in [0.15, 0.2) is 5.78 Å². The van der Waals surface area contributed by atoms with Crippen molar-refractivity contribution in [2.24, 2.45) is 45.3 Å². The minimum atomic E-state index is -1.42. The first-order valence-corrected chi connectivity index (χ1v) is 14.6.